The molecule has 1 saturated heterocycles. The molecule has 9 atom stereocenters. The first-order chi connectivity index (χ1) is 18.3. The van der Waals surface area contributed by atoms with Crippen LogP contribution < -0.4 is 10.4 Å². The van der Waals surface area contributed by atoms with Crippen molar-refractivity contribution in [2.75, 3.05) is 12.1 Å². The molecule has 2 fully saturated rings. The molecule has 212 valence electrons. The molecule has 0 amide bonds. The molecular formula is C29H37ClN2O7. The van der Waals surface area contributed by atoms with Crippen molar-refractivity contribution in [2.45, 2.75) is 82.6 Å². The van der Waals surface area contributed by atoms with Crippen LogP contribution in [0.3, 0.4) is 0 Å². The topological polar surface area (TPSA) is 118 Å². The zero-order chi connectivity index (χ0) is 28.4. The molecule has 2 aliphatic heterocycles. The first-order valence-electron chi connectivity index (χ1n) is 13.4. The van der Waals surface area contributed by atoms with Crippen LogP contribution in [0.4, 0.5) is 5.69 Å². The number of rotatable bonds is 4. The van der Waals surface area contributed by atoms with Gasteiger partial charge in [0.25, 0.3) is 0 Å². The molecule has 1 saturated carbocycles. The van der Waals surface area contributed by atoms with Crippen molar-refractivity contribution >= 4 is 29.2 Å². The highest BCUT2D eigenvalue weighted by molar-refractivity contribution is 6.33. The number of hydrogen-bond acceptors (Lipinski definition) is 9. The monoisotopic (exact) mass is 560 g/mol. The number of halogens is 1. The molecule has 3 N–H and O–H groups in total. The maximum atomic E-state index is 13.8. The third-order valence-corrected chi connectivity index (χ3v) is 9.38. The van der Waals surface area contributed by atoms with Gasteiger partial charge < -0.3 is 19.7 Å². The number of esters is 2. The molecule has 9 nitrogen and oxygen atoms in total. The fourth-order valence-electron chi connectivity index (χ4n) is 7.03. The highest BCUT2D eigenvalue weighted by Crippen LogP contribution is 2.53. The molecule has 0 radical (unpaired) electrons. The number of allylic oxidation sites excluding steroid dienone is 1. The van der Waals surface area contributed by atoms with Crippen molar-refractivity contribution in [1.82, 2.24) is 5.32 Å². The minimum Gasteiger partial charge on any atom is -0.454 e. The summed E-state index contributed by atoms with van der Waals surface area (Å²) >= 11 is 6.39. The van der Waals surface area contributed by atoms with Gasteiger partial charge in [0.2, 0.25) is 0 Å². The predicted molar refractivity (Wildman–Crippen MR) is 144 cm³/mol. The Morgan fingerprint density at radius 1 is 1.23 bits per heavy atom. The summed E-state index contributed by atoms with van der Waals surface area (Å²) in [6.45, 7) is 11.1. The number of hydroxylamine groups is 1. The minimum absolute atomic E-state index is 0.0148. The molecule has 1 aromatic carbocycles. The lowest BCUT2D eigenvalue weighted by Crippen LogP contribution is -2.66. The Morgan fingerprint density at radius 2 is 1.95 bits per heavy atom. The van der Waals surface area contributed by atoms with Crippen LogP contribution in [-0.4, -0.2) is 59.3 Å². The Kier molecular flexibility index (Phi) is 7.13. The van der Waals surface area contributed by atoms with E-state index in [1.54, 1.807) is 25.2 Å². The first-order valence-corrected chi connectivity index (χ1v) is 13.8. The van der Waals surface area contributed by atoms with Gasteiger partial charge in [0.05, 0.1) is 10.7 Å². The Hall–Kier alpha value is -2.43. The zero-order valence-corrected chi connectivity index (χ0v) is 23.7. The molecule has 0 spiro atoms. The van der Waals surface area contributed by atoms with Crippen molar-refractivity contribution in [3.05, 3.63) is 52.6 Å². The van der Waals surface area contributed by atoms with Crippen LogP contribution in [0.5, 0.6) is 0 Å². The van der Waals surface area contributed by atoms with E-state index in [-0.39, 0.29) is 24.2 Å². The Morgan fingerprint density at radius 3 is 2.62 bits per heavy atom. The number of carbonyl (C=O) groups is 2. The van der Waals surface area contributed by atoms with Gasteiger partial charge in [-0.1, -0.05) is 48.9 Å². The van der Waals surface area contributed by atoms with Crippen molar-refractivity contribution in [3.8, 4) is 0 Å². The minimum atomic E-state index is -1.54. The molecule has 5 rings (SSSR count). The van der Waals surface area contributed by atoms with Crippen LogP contribution in [0, 0.1) is 17.8 Å². The van der Waals surface area contributed by atoms with Crippen LogP contribution in [-0.2, 0) is 29.5 Å². The van der Waals surface area contributed by atoms with E-state index in [4.69, 9.17) is 25.9 Å². The molecule has 4 aliphatic rings. The van der Waals surface area contributed by atoms with E-state index in [0.29, 0.717) is 28.3 Å². The molecule has 2 aliphatic carbocycles. The summed E-state index contributed by atoms with van der Waals surface area (Å²) < 4.78 is 11.8. The molecule has 1 aromatic rings. The smallest absolute Gasteiger partial charge is 0.323 e. The predicted octanol–water partition coefficient (Wildman–Crippen LogP) is 3.37. The summed E-state index contributed by atoms with van der Waals surface area (Å²) in [6.07, 6.45) is 0.418. The standard InChI is InChI=1S/C29H37ClN2O7/c1-14(2)18-11-10-16(4)29(36)20(18)12-15(3)24(37-17(5)33)25(29)38-26(34)22-13-28(35)19-8-7-9-21(30)23(19)32(6)39-27(28)31-22/h7-9,12,16,18,20,22,24-25,27,31,35-36H,1,10-11,13H2,2-6H3/t16-,18+,20-,22+,24-,25+,27-,28-,29-/m1/s1. The summed E-state index contributed by atoms with van der Waals surface area (Å²) in [5, 5.41) is 28.9. The lowest BCUT2D eigenvalue weighted by Gasteiger charge is -2.55. The Labute approximate surface area is 233 Å². The SMILES string of the molecule is C=C(C)[C@@H]1CC[C@@H](C)[C@@]2(O)[C@@H]1C=C(C)[C@@H](OC(C)=O)[C@@H]2OC(=O)[C@@H]1C[C@@]2(O)c3cccc(Cl)c3N(C)O[C@H]2N1. The van der Waals surface area contributed by atoms with E-state index in [1.807, 2.05) is 26.8 Å². The number of ether oxygens (including phenoxy) is 2. The van der Waals surface area contributed by atoms with Crippen molar-refractivity contribution in [1.29, 1.82) is 0 Å². The van der Waals surface area contributed by atoms with E-state index in [9.17, 15) is 19.8 Å². The van der Waals surface area contributed by atoms with E-state index in [1.165, 1.54) is 12.0 Å². The van der Waals surface area contributed by atoms with Gasteiger partial charge in [-0.25, -0.2) is 0 Å². The van der Waals surface area contributed by atoms with Crippen LogP contribution in [0.15, 0.2) is 42.0 Å². The van der Waals surface area contributed by atoms with Crippen molar-refractivity contribution in [3.63, 3.8) is 0 Å². The molecular weight excluding hydrogens is 524 g/mol. The largest absolute Gasteiger partial charge is 0.454 e. The normalized spacial score (nSPS) is 39.1. The quantitative estimate of drug-likeness (QED) is 0.376. The zero-order valence-electron chi connectivity index (χ0n) is 22.9. The van der Waals surface area contributed by atoms with Crippen LogP contribution in [0.2, 0.25) is 5.02 Å². The summed E-state index contributed by atoms with van der Waals surface area (Å²) in [4.78, 5) is 31.7. The van der Waals surface area contributed by atoms with Gasteiger partial charge in [0, 0.05) is 31.9 Å². The maximum Gasteiger partial charge on any atom is 0.323 e. The lowest BCUT2D eigenvalue weighted by molar-refractivity contribution is -0.221. The third kappa shape index (κ3) is 4.39. The summed E-state index contributed by atoms with van der Waals surface area (Å²) in [5.41, 5.74) is -0.330. The second-order valence-corrected chi connectivity index (χ2v) is 12.0. The van der Waals surface area contributed by atoms with E-state index in [2.05, 4.69) is 11.9 Å². The number of hydrogen-bond donors (Lipinski definition) is 3. The van der Waals surface area contributed by atoms with Crippen LogP contribution in [0.25, 0.3) is 0 Å². The van der Waals surface area contributed by atoms with E-state index in [0.717, 1.165) is 12.0 Å². The fourth-order valence-corrected chi connectivity index (χ4v) is 7.33. The Bertz CT molecular complexity index is 1240. The molecule has 0 bridgehead atoms. The van der Waals surface area contributed by atoms with Gasteiger partial charge in [0.1, 0.15) is 17.2 Å². The fraction of sp³-hybridized carbons (Fsp3) is 0.586. The highest BCUT2D eigenvalue weighted by atomic mass is 35.5. The highest BCUT2D eigenvalue weighted by Gasteiger charge is 2.61. The average Bonchev–Trinajstić information content (AvgIpc) is 3.20. The van der Waals surface area contributed by atoms with E-state index >= 15 is 0 Å². The molecule has 39 heavy (non-hydrogen) atoms. The number of anilines is 1. The van der Waals surface area contributed by atoms with Gasteiger partial charge in [-0.3, -0.25) is 24.8 Å². The molecule has 0 aromatic heterocycles. The number of nitrogens with zero attached hydrogens (tertiary/aromatic N) is 1. The Balaban J connectivity index is 1.47. The van der Waals surface area contributed by atoms with Crippen LogP contribution >= 0.6 is 11.6 Å². The van der Waals surface area contributed by atoms with Crippen molar-refractivity contribution in [2.24, 2.45) is 17.8 Å². The number of fused-ring (bicyclic) bond motifs is 4. The number of nitrogens with one attached hydrogen (secondary N) is 1. The first kappa shape index (κ1) is 28.1. The number of carbonyl (C=O) groups excluding carboxylic acids is 2. The van der Waals surface area contributed by atoms with Gasteiger partial charge in [-0.15, -0.1) is 0 Å². The third-order valence-electron chi connectivity index (χ3n) is 9.08. The van der Waals surface area contributed by atoms with Gasteiger partial charge in [0.15, 0.2) is 18.4 Å². The van der Waals surface area contributed by atoms with Gasteiger partial charge in [-0.2, -0.15) is 0 Å². The summed E-state index contributed by atoms with van der Waals surface area (Å²) in [6, 6.07) is 4.23. The summed E-state index contributed by atoms with van der Waals surface area (Å²) in [7, 11) is 1.68. The average molecular weight is 561 g/mol. The number of aliphatic hydroxyl groups is 2. The lowest BCUT2D eigenvalue weighted by atomic mass is 9.56. The number of benzene rings is 1. The van der Waals surface area contributed by atoms with Gasteiger partial charge >= 0.3 is 11.9 Å². The molecule has 2 heterocycles. The summed E-state index contributed by atoms with van der Waals surface area (Å²) in [5.74, 6) is -1.84. The molecule has 0 unspecified atom stereocenters. The van der Waals surface area contributed by atoms with Crippen molar-refractivity contribution < 1.29 is 34.1 Å². The number of para-hydroxylation sites is 1. The van der Waals surface area contributed by atoms with E-state index < -0.39 is 47.6 Å². The van der Waals surface area contributed by atoms with Gasteiger partial charge in [-0.05, 0) is 50.2 Å². The van der Waals surface area contributed by atoms with Crippen LogP contribution in [0.1, 0.15) is 52.5 Å². The molecule has 10 heteroatoms. The second-order valence-electron chi connectivity index (χ2n) is 11.6. The maximum absolute atomic E-state index is 13.8. The second kappa shape index (κ2) is 9.89.